The van der Waals surface area contributed by atoms with Crippen LogP contribution in [-0.2, 0) is 4.79 Å². The number of benzene rings is 2. The highest BCUT2D eigenvalue weighted by Crippen LogP contribution is 2.24. The number of nitrogens with one attached hydrogen (secondary N) is 1. The molecule has 0 aliphatic heterocycles. The van der Waals surface area contributed by atoms with Crippen LogP contribution in [0.3, 0.4) is 0 Å². The standard InChI is InChI=1S/C19H22FNO3/c1-13(2)19(14-7-9-16(23-3)10-8-14)21-18(22)12-24-17-6-4-5-15(20)11-17/h4-11,13,19H,12H2,1-3H3,(H,21,22)/t19-/m0/s1. The van der Waals surface area contributed by atoms with Crippen molar-refractivity contribution in [2.45, 2.75) is 19.9 Å². The molecule has 1 N–H and O–H groups in total. The van der Waals surface area contributed by atoms with Crippen molar-refractivity contribution in [3.63, 3.8) is 0 Å². The molecule has 0 fully saturated rings. The molecule has 0 saturated carbocycles. The molecular weight excluding hydrogens is 309 g/mol. The molecule has 24 heavy (non-hydrogen) atoms. The van der Waals surface area contributed by atoms with E-state index in [1.807, 2.05) is 38.1 Å². The van der Waals surface area contributed by atoms with Crippen LogP contribution in [0, 0.1) is 11.7 Å². The van der Waals surface area contributed by atoms with Gasteiger partial charge >= 0.3 is 0 Å². The van der Waals surface area contributed by atoms with Gasteiger partial charge in [0.2, 0.25) is 0 Å². The Bertz CT molecular complexity index is 671. The lowest BCUT2D eigenvalue weighted by atomic mass is 9.96. The van der Waals surface area contributed by atoms with Gasteiger partial charge in [0, 0.05) is 6.07 Å². The molecular formula is C19H22FNO3. The monoisotopic (exact) mass is 331 g/mol. The lowest BCUT2D eigenvalue weighted by Gasteiger charge is -2.23. The molecule has 4 nitrogen and oxygen atoms in total. The summed E-state index contributed by atoms with van der Waals surface area (Å²) in [6.45, 7) is 3.90. The Morgan fingerprint density at radius 2 is 1.83 bits per heavy atom. The first-order valence-corrected chi connectivity index (χ1v) is 7.81. The molecule has 0 unspecified atom stereocenters. The summed E-state index contributed by atoms with van der Waals surface area (Å²) in [5.41, 5.74) is 0.991. The van der Waals surface area contributed by atoms with Crippen molar-refractivity contribution < 1.29 is 18.7 Å². The molecule has 0 heterocycles. The number of halogens is 1. The van der Waals surface area contributed by atoms with Gasteiger partial charge in [0.1, 0.15) is 17.3 Å². The second-order valence-electron chi connectivity index (χ2n) is 5.81. The van der Waals surface area contributed by atoms with E-state index in [1.165, 1.54) is 18.2 Å². The van der Waals surface area contributed by atoms with Gasteiger partial charge in [0.25, 0.3) is 5.91 Å². The van der Waals surface area contributed by atoms with E-state index >= 15 is 0 Å². The molecule has 2 rings (SSSR count). The van der Waals surface area contributed by atoms with Gasteiger partial charge in [0.15, 0.2) is 6.61 Å². The Morgan fingerprint density at radius 1 is 1.12 bits per heavy atom. The van der Waals surface area contributed by atoms with Crippen molar-refractivity contribution >= 4 is 5.91 Å². The fourth-order valence-corrected chi connectivity index (χ4v) is 2.37. The second kappa shape index (κ2) is 8.34. The molecule has 0 aliphatic rings. The third-order valence-electron chi connectivity index (χ3n) is 3.62. The highest BCUT2D eigenvalue weighted by atomic mass is 19.1. The average molecular weight is 331 g/mol. The van der Waals surface area contributed by atoms with E-state index in [-0.39, 0.29) is 24.5 Å². The molecule has 128 valence electrons. The normalized spacial score (nSPS) is 11.9. The van der Waals surface area contributed by atoms with Crippen molar-refractivity contribution in [2.24, 2.45) is 5.92 Å². The number of carbonyl (C=O) groups is 1. The minimum Gasteiger partial charge on any atom is -0.497 e. The maximum Gasteiger partial charge on any atom is 0.258 e. The fourth-order valence-electron chi connectivity index (χ4n) is 2.37. The Hall–Kier alpha value is -2.56. The zero-order valence-corrected chi connectivity index (χ0v) is 14.1. The highest BCUT2D eigenvalue weighted by molar-refractivity contribution is 5.78. The lowest BCUT2D eigenvalue weighted by molar-refractivity contribution is -0.124. The van der Waals surface area contributed by atoms with Crippen LogP contribution in [0.4, 0.5) is 4.39 Å². The van der Waals surface area contributed by atoms with Crippen LogP contribution in [-0.4, -0.2) is 19.6 Å². The molecule has 1 atom stereocenters. The van der Waals surface area contributed by atoms with E-state index in [0.29, 0.717) is 5.75 Å². The number of carbonyl (C=O) groups excluding carboxylic acids is 1. The Labute approximate surface area is 141 Å². The van der Waals surface area contributed by atoms with Gasteiger partial charge in [0.05, 0.1) is 13.2 Å². The molecule has 0 bridgehead atoms. The molecule has 2 aromatic rings. The van der Waals surface area contributed by atoms with E-state index < -0.39 is 5.82 Å². The van der Waals surface area contributed by atoms with Crippen LogP contribution in [0.15, 0.2) is 48.5 Å². The lowest BCUT2D eigenvalue weighted by Crippen LogP contribution is -2.35. The summed E-state index contributed by atoms with van der Waals surface area (Å²) in [6.07, 6.45) is 0. The topological polar surface area (TPSA) is 47.6 Å². The van der Waals surface area contributed by atoms with E-state index in [4.69, 9.17) is 9.47 Å². The van der Waals surface area contributed by atoms with Gasteiger partial charge in [-0.1, -0.05) is 32.0 Å². The molecule has 0 aliphatic carbocycles. The first-order chi connectivity index (χ1) is 11.5. The largest absolute Gasteiger partial charge is 0.497 e. The van der Waals surface area contributed by atoms with Gasteiger partial charge in [-0.05, 0) is 35.7 Å². The van der Waals surface area contributed by atoms with Crippen molar-refractivity contribution in [2.75, 3.05) is 13.7 Å². The number of hydrogen-bond acceptors (Lipinski definition) is 3. The summed E-state index contributed by atoms with van der Waals surface area (Å²) < 4.78 is 23.6. The number of hydrogen-bond donors (Lipinski definition) is 1. The van der Waals surface area contributed by atoms with Crippen molar-refractivity contribution in [3.05, 3.63) is 59.9 Å². The summed E-state index contributed by atoms with van der Waals surface area (Å²) >= 11 is 0. The number of ether oxygens (including phenoxy) is 2. The van der Waals surface area contributed by atoms with Crippen LogP contribution < -0.4 is 14.8 Å². The summed E-state index contributed by atoms with van der Waals surface area (Å²) in [5, 5.41) is 2.96. The van der Waals surface area contributed by atoms with E-state index in [9.17, 15) is 9.18 Å². The minimum absolute atomic E-state index is 0.139. The van der Waals surface area contributed by atoms with E-state index in [2.05, 4.69) is 5.32 Å². The smallest absolute Gasteiger partial charge is 0.258 e. The zero-order valence-electron chi connectivity index (χ0n) is 14.1. The highest BCUT2D eigenvalue weighted by Gasteiger charge is 2.18. The maximum absolute atomic E-state index is 13.1. The summed E-state index contributed by atoms with van der Waals surface area (Å²) in [4.78, 5) is 12.2. The van der Waals surface area contributed by atoms with Crippen LogP contribution in [0.5, 0.6) is 11.5 Å². The Kier molecular flexibility index (Phi) is 6.18. The molecule has 0 spiro atoms. The summed E-state index contributed by atoms with van der Waals surface area (Å²) in [7, 11) is 1.61. The van der Waals surface area contributed by atoms with Crippen molar-refractivity contribution in [3.8, 4) is 11.5 Å². The van der Waals surface area contributed by atoms with Gasteiger partial charge in [-0.25, -0.2) is 4.39 Å². The molecule has 1 amide bonds. The van der Waals surface area contributed by atoms with Gasteiger partial charge < -0.3 is 14.8 Å². The molecule has 2 aromatic carbocycles. The summed E-state index contributed by atoms with van der Waals surface area (Å²) in [6, 6.07) is 13.2. The SMILES string of the molecule is COc1ccc([C@@H](NC(=O)COc2cccc(F)c2)C(C)C)cc1. The summed E-state index contributed by atoms with van der Waals surface area (Å²) in [5.74, 6) is 0.647. The zero-order chi connectivity index (χ0) is 17.5. The van der Waals surface area contributed by atoms with Crippen LogP contribution in [0.25, 0.3) is 0 Å². The number of amides is 1. The Morgan fingerprint density at radius 3 is 2.42 bits per heavy atom. The van der Waals surface area contributed by atoms with E-state index in [0.717, 1.165) is 11.3 Å². The second-order valence-corrected chi connectivity index (χ2v) is 5.81. The van der Waals surface area contributed by atoms with Crippen molar-refractivity contribution in [1.82, 2.24) is 5.32 Å². The van der Waals surface area contributed by atoms with Crippen LogP contribution >= 0.6 is 0 Å². The first-order valence-electron chi connectivity index (χ1n) is 7.81. The van der Waals surface area contributed by atoms with Gasteiger partial charge in [-0.3, -0.25) is 4.79 Å². The van der Waals surface area contributed by atoms with E-state index in [1.54, 1.807) is 13.2 Å². The Balaban J connectivity index is 1.97. The third kappa shape index (κ3) is 4.98. The van der Waals surface area contributed by atoms with Gasteiger partial charge in [-0.2, -0.15) is 0 Å². The number of methoxy groups -OCH3 is 1. The predicted octanol–water partition coefficient (Wildman–Crippen LogP) is 3.73. The maximum atomic E-state index is 13.1. The number of rotatable bonds is 7. The van der Waals surface area contributed by atoms with Crippen LogP contribution in [0.2, 0.25) is 0 Å². The third-order valence-corrected chi connectivity index (χ3v) is 3.62. The van der Waals surface area contributed by atoms with Crippen LogP contribution in [0.1, 0.15) is 25.5 Å². The molecule has 0 aromatic heterocycles. The molecule has 5 heteroatoms. The van der Waals surface area contributed by atoms with Crippen molar-refractivity contribution in [1.29, 1.82) is 0 Å². The van der Waals surface area contributed by atoms with Gasteiger partial charge in [-0.15, -0.1) is 0 Å². The molecule has 0 radical (unpaired) electrons. The average Bonchev–Trinajstić information content (AvgIpc) is 2.58. The minimum atomic E-state index is -0.397. The first kappa shape index (κ1) is 17.8. The quantitative estimate of drug-likeness (QED) is 0.841. The predicted molar refractivity (Wildman–Crippen MR) is 90.6 cm³/mol. The molecule has 0 saturated heterocycles. The fraction of sp³-hybridized carbons (Fsp3) is 0.316.